The molecule has 1 aliphatic heterocycles. The van der Waals surface area contributed by atoms with Crippen LogP contribution in [0.1, 0.15) is 29.2 Å². The standard InChI is InChI=1S/C27H26N2O3/c1-4-32-23-14-12-22(13-15-23)28-25-24(21-11-10-18(2)19(3)16-21)26(30)29(27(25)31)17-20-8-6-5-7-9-20/h5-16,28H,4,17H2,1-3H3. The van der Waals surface area contributed by atoms with E-state index in [1.807, 2.05) is 93.6 Å². The molecule has 0 radical (unpaired) electrons. The number of carbonyl (C=O) groups excluding carboxylic acids is 2. The summed E-state index contributed by atoms with van der Waals surface area (Å²) in [6.45, 7) is 6.76. The highest BCUT2D eigenvalue weighted by Crippen LogP contribution is 2.32. The van der Waals surface area contributed by atoms with Crippen molar-refractivity contribution in [2.75, 3.05) is 11.9 Å². The number of ether oxygens (including phenoxy) is 1. The molecular weight excluding hydrogens is 400 g/mol. The molecule has 0 atom stereocenters. The predicted molar refractivity (Wildman–Crippen MR) is 126 cm³/mol. The third kappa shape index (κ3) is 4.28. The Kier molecular flexibility index (Phi) is 6.08. The van der Waals surface area contributed by atoms with Crippen LogP contribution in [0.4, 0.5) is 5.69 Å². The van der Waals surface area contributed by atoms with E-state index in [0.29, 0.717) is 23.6 Å². The zero-order chi connectivity index (χ0) is 22.7. The van der Waals surface area contributed by atoms with Crippen LogP contribution < -0.4 is 10.1 Å². The largest absolute Gasteiger partial charge is 0.494 e. The van der Waals surface area contributed by atoms with Crippen molar-refractivity contribution in [3.63, 3.8) is 0 Å². The summed E-state index contributed by atoms with van der Waals surface area (Å²) in [6.07, 6.45) is 0. The second kappa shape index (κ2) is 9.10. The first-order valence-electron chi connectivity index (χ1n) is 10.7. The van der Waals surface area contributed by atoms with Gasteiger partial charge in [0, 0.05) is 5.69 Å². The highest BCUT2D eigenvalue weighted by Gasteiger charge is 2.39. The Morgan fingerprint density at radius 2 is 1.56 bits per heavy atom. The maximum absolute atomic E-state index is 13.4. The molecule has 0 spiro atoms. The van der Waals surface area contributed by atoms with Gasteiger partial charge in [-0.2, -0.15) is 0 Å². The van der Waals surface area contributed by atoms with Crippen molar-refractivity contribution in [1.82, 2.24) is 4.90 Å². The lowest BCUT2D eigenvalue weighted by Crippen LogP contribution is -2.32. The lowest BCUT2D eigenvalue weighted by atomic mass is 9.99. The number of hydrogen-bond donors (Lipinski definition) is 1. The van der Waals surface area contributed by atoms with E-state index in [-0.39, 0.29) is 18.4 Å². The minimum absolute atomic E-state index is 0.224. The zero-order valence-corrected chi connectivity index (χ0v) is 18.5. The summed E-state index contributed by atoms with van der Waals surface area (Å²) in [5.41, 5.74) is 5.23. The Labute approximate surface area is 188 Å². The third-order valence-corrected chi connectivity index (χ3v) is 5.58. The summed E-state index contributed by atoms with van der Waals surface area (Å²) in [4.78, 5) is 28.1. The molecule has 0 bridgehead atoms. The van der Waals surface area contributed by atoms with Crippen LogP contribution in [0.3, 0.4) is 0 Å². The summed E-state index contributed by atoms with van der Waals surface area (Å²) < 4.78 is 5.50. The van der Waals surface area contributed by atoms with Gasteiger partial charge in [-0.15, -0.1) is 0 Å². The van der Waals surface area contributed by atoms with Gasteiger partial charge in [0.1, 0.15) is 11.4 Å². The van der Waals surface area contributed by atoms with Gasteiger partial charge < -0.3 is 10.1 Å². The van der Waals surface area contributed by atoms with Crippen LogP contribution in [-0.2, 0) is 16.1 Å². The highest BCUT2D eigenvalue weighted by molar-refractivity contribution is 6.36. The predicted octanol–water partition coefficient (Wildman–Crippen LogP) is 5.09. The van der Waals surface area contributed by atoms with Gasteiger partial charge >= 0.3 is 0 Å². The highest BCUT2D eigenvalue weighted by atomic mass is 16.5. The van der Waals surface area contributed by atoms with Gasteiger partial charge in [0.05, 0.1) is 18.7 Å². The molecule has 0 fully saturated rings. The van der Waals surface area contributed by atoms with Gasteiger partial charge in [-0.25, -0.2) is 0 Å². The zero-order valence-electron chi connectivity index (χ0n) is 18.5. The fourth-order valence-electron chi connectivity index (χ4n) is 3.71. The van der Waals surface area contributed by atoms with Crippen LogP contribution in [0.5, 0.6) is 5.75 Å². The lowest BCUT2D eigenvalue weighted by Gasteiger charge is -2.15. The number of carbonyl (C=O) groups is 2. The van der Waals surface area contributed by atoms with E-state index in [2.05, 4.69) is 5.32 Å². The Hall–Kier alpha value is -3.86. The fourth-order valence-corrected chi connectivity index (χ4v) is 3.71. The summed E-state index contributed by atoms with van der Waals surface area (Å²) in [5, 5.41) is 3.20. The molecule has 0 aromatic heterocycles. The number of nitrogens with one attached hydrogen (secondary N) is 1. The molecule has 3 aromatic carbocycles. The molecule has 0 aliphatic carbocycles. The molecule has 1 aliphatic rings. The maximum atomic E-state index is 13.4. The molecule has 32 heavy (non-hydrogen) atoms. The Balaban J connectivity index is 1.72. The minimum Gasteiger partial charge on any atom is -0.494 e. The van der Waals surface area contributed by atoms with Crippen LogP contribution in [0.25, 0.3) is 5.57 Å². The summed E-state index contributed by atoms with van der Waals surface area (Å²) in [5.74, 6) is 0.123. The van der Waals surface area contributed by atoms with E-state index >= 15 is 0 Å². The third-order valence-electron chi connectivity index (χ3n) is 5.58. The number of amides is 2. The van der Waals surface area contributed by atoms with Crippen LogP contribution in [0, 0.1) is 13.8 Å². The average molecular weight is 427 g/mol. The number of anilines is 1. The van der Waals surface area contributed by atoms with Gasteiger partial charge in [-0.05, 0) is 67.3 Å². The number of aryl methyl sites for hydroxylation is 2. The lowest BCUT2D eigenvalue weighted by molar-refractivity contribution is -0.137. The summed E-state index contributed by atoms with van der Waals surface area (Å²) in [7, 11) is 0. The van der Waals surface area contributed by atoms with Crippen molar-refractivity contribution in [1.29, 1.82) is 0 Å². The number of hydrogen-bond acceptors (Lipinski definition) is 4. The van der Waals surface area contributed by atoms with Gasteiger partial charge in [-0.3, -0.25) is 14.5 Å². The normalized spacial score (nSPS) is 13.7. The van der Waals surface area contributed by atoms with E-state index in [0.717, 1.165) is 28.0 Å². The van der Waals surface area contributed by atoms with Gasteiger partial charge in [0.15, 0.2) is 0 Å². The van der Waals surface area contributed by atoms with Gasteiger partial charge in [0.2, 0.25) is 0 Å². The van der Waals surface area contributed by atoms with Crippen molar-refractivity contribution in [3.05, 3.63) is 101 Å². The Morgan fingerprint density at radius 3 is 2.22 bits per heavy atom. The van der Waals surface area contributed by atoms with E-state index in [1.54, 1.807) is 0 Å². The van der Waals surface area contributed by atoms with E-state index in [1.165, 1.54) is 4.90 Å². The van der Waals surface area contributed by atoms with Crippen LogP contribution in [0.2, 0.25) is 0 Å². The summed E-state index contributed by atoms with van der Waals surface area (Å²) in [6, 6.07) is 22.7. The molecule has 0 unspecified atom stereocenters. The first-order valence-corrected chi connectivity index (χ1v) is 10.7. The molecule has 1 heterocycles. The van der Waals surface area contributed by atoms with E-state index < -0.39 is 0 Å². The fraction of sp³-hybridized carbons (Fsp3) is 0.185. The molecular formula is C27H26N2O3. The van der Waals surface area contributed by atoms with Gasteiger partial charge in [0.25, 0.3) is 11.8 Å². The minimum atomic E-state index is -0.332. The van der Waals surface area contributed by atoms with Crippen molar-refractivity contribution in [3.8, 4) is 5.75 Å². The van der Waals surface area contributed by atoms with Crippen LogP contribution in [0.15, 0.2) is 78.5 Å². The van der Waals surface area contributed by atoms with Crippen molar-refractivity contribution in [2.24, 2.45) is 0 Å². The monoisotopic (exact) mass is 426 g/mol. The quantitative estimate of drug-likeness (QED) is 0.535. The molecule has 0 saturated carbocycles. The Bertz CT molecular complexity index is 1180. The second-order valence-electron chi connectivity index (χ2n) is 7.81. The Morgan fingerprint density at radius 1 is 0.844 bits per heavy atom. The molecule has 4 rings (SSSR count). The molecule has 3 aromatic rings. The molecule has 0 saturated heterocycles. The molecule has 2 amide bonds. The van der Waals surface area contributed by atoms with Crippen molar-refractivity contribution >= 4 is 23.1 Å². The number of imide groups is 1. The molecule has 1 N–H and O–H groups in total. The molecule has 5 heteroatoms. The van der Waals surface area contributed by atoms with Crippen LogP contribution >= 0.6 is 0 Å². The first kappa shape index (κ1) is 21.4. The second-order valence-corrected chi connectivity index (χ2v) is 7.81. The SMILES string of the molecule is CCOc1ccc(NC2=C(c3ccc(C)c(C)c3)C(=O)N(Cc3ccccc3)C2=O)cc1. The van der Waals surface area contributed by atoms with Crippen molar-refractivity contribution < 1.29 is 14.3 Å². The van der Waals surface area contributed by atoms with Crippen molar-refractivity contribution in [2.45, 2.75) is 27.3 Å². The smallest absolute Gasteiger partial charge is 0.278 e. The van der Waals surface area contributed by atoms with E-state index in [9.17, 15) is 9.59 Å². The van der Waals surface area contributed by atoms with Crippen LogP contribution in [-0.4, -0.2) is 23.3 Å². The maximum Gasteiger partial charge on any atom is 0.278 e. The topological polar surface area (TPSA) is 58.6 Å². The van der Waals surface area contributed by atoms with E-state index in [4.69, 9.17) is 4.74 Å². The summed E-state index contributed by atoms with van der Waals surface area (Å²) >= 11 is 0. The molecule has 5 nitrogen and oxygen atoms in total. The first-order chi connectivity index (χ1) is 15.5. The average Bonchev–Trinajstić information content (AvgIpc) is 3.02. The number of nitrogens with zero attached hydrogens (tertiary/aromatic N) is 1. The van der Waals surface area contributed by atoms with Gasteiger partial charge in [-0.1, -0.05) is 48.5 Å². The number of benzene rings is 3. The molecule has 162 valence electrons. The number of rotatable bonds is 7.